The van der Waals surface area contributed by atoms with E-state index in [2.05, 4.69) is 10.3 Å². The number of carbonyl (C=O) groups is 3. The predicted molar refractivity (Wildman–Crippen MR) is 143 cm³/mol. The number of rotatable bonds is 8. The van der Waals surface area contributed by atoms with Crippen LogP contribution in [0.1, 0.15) is 50.6 Å². The number of cyclic esters (lactones) is 1. The Bertz CT molecular complexity index is 1380. The molecule has 0 radical (unpaired) electrons. The molecule has 0 unspecified atom stereocenters. The van der Waals surface area contributed by atoms with Crippen molar-refractivity contribution in [3.8, 4) is 0 Å². The molecule has 0 aliphatic carbocycles. The summed E-state index contributed by atoms with van der Waals surface area (Å²) in [6.45, 7) is 3.93. The van der Waals surface area contributed by atoms with Crippen LogP contribution < -0.4 is 10.2 Å². The van der Waals surface area contributed by atoms with Crippen molar-refractivity contribution in [2.24, 2.45) is 0 Å². The summed E-state index contributed by atoms with van der Waals surface area (Å²) in [5.74, 6) is -0.850. The highest BCUT2D eigenvalue weighted by Gasteiger charge is 2.35. The van der Waals surface area contributed by atoms with E-state index in [0.29, 0.717) is 29.2 Å². The molecule has 1 aliphatic rings. The van der Waals surface area contributed by atoms with Crippen LogP contribution in [0.3, 0.4) is 0 Å². The summed E-state index contributed by atoms with van der Waals surface area (Å²) in [7, 11) is 3.40. The third kappa shape index (κ3) is 5.86. The summed E-state index contributed by atoms with van der Waals surface area (Å²) in [6.07, 6.45) is 0.0217. The van der Waals surface area contributed by atoms with Gasteiger partial charge >= 0.3 is 12.1 Å². The number of anilines is 2. The topological polar surface area (TPSA) is 125 Å². The van der Waals surface area contributed by atoms with E-state index in [1.165, 1.54) is 15.9 Å². The van der Waals surface area contributed by atoms with E-state index in [9.17, 15) is 19.5 Å². The van der Waals surface area contributed by atoms with E-state index in [4.69, 9.17) is 21.3 Å². The maximum atomic E-state index is 12.7. The van der Waals surface area contributed by atoms with Crippen LogP contribution in [-0.4, -0.2) is 64.7 Å². The highest BCUT2D eigenvalue weighted by atomic mass is 35.5. The molecule has 1 aromatic carbocycles. The van der Waals surface area contributed by atoms with Gasteiger partial charge in [-0.2, -0.15) is 0 Å². The zero-order valence-corrected chi connectivity index (χ0v) is 22.2. The number of amides is 2. The van der Waals surface area contributed by atoms with Gasteiger partial charge in [-0.25, -0.2) is 19.6 Å². The molecule has 3 aromatic rings. The minimum atomic E-state index is -1.21. The second kappa shape index (κ2) is 11.1. The van der Waals surface area contributed by atoms with Gasteiger partial charge in [-0.1, -0.05) is 23.7 Å². The van der Waals surface area contributed by atoms with E-state index in [1.54, 1.807) is 38.4 Å². The van der Waals surface area contributed by atoms with Gasteiger partial charge in [0, 0.05) is 19.7 Å². The quantitative estimate of drug-likeness (QED) is 0.400. The Morgan fingerprint density at radius 1 is 1.18 bits per heavy atom. The Morgan fingerprint density at radius 2 is 1.89 bits per heavy atom. The fraction of sp³-hybridized carbons (Fsp3) is 0.296. The smallest absolute Gasteiger partial charge is 0.415 e. The van der Waals surface area contributed by atoms with Crippen molar-refractivity contribution in [2.75, 3.05) is 30.9 Å². The maximum absolute atomic E-state index is 12.7. The van der Waals surface area contributed by atoms with Gasteiger partial charge in [0.05, 0.1) is 23.5 Å². The zero-order valence-electron chi connectivity index (χ0n) is 21.4. The van der Waals surface area contributed by atoms with Crippen molar-refractivity contribution < 1.29 is 24.2 Å². The van der Waals surface area contributed by atoms with Crippen LogP contribution in [0, 0.1) is 6.92 Å². The van der Waals surface area contributed by atoms with Crippen molar-refractivity contribution in [1.29, 1.82) is 0 Å². The second-order valence-electron chi connectivity index (χ2n) is 9.33. The van der Waals surface area contributed by atoms with Gasteiger partial charge in [0.2, 0.25) is 0 Å². The molecule has 1 aliphatic heterocycles. The molecule has 2 aromatic heterocycles. The molecular weight excluding hydrogens is 510 g/mol. The summed E-state index contributed by atoms with van der Waals surface area (Å²) < 4.78 is 5.37. The predicted octanol–water partition coefficient (Wildman–Crippen LogP) is 4.58. The lowest BCUT2D eigenvalue weighted by Gasteiger charge is -2.23. The number of carboxylic acid groups (broad SMARTS) is 1. The molecule has 2 N–H and O–H groups in total. The minimum Gasteiger partial charge on any atom is -0.476 e. The first-order valence-corrected chi connectivity index (χ1v) is 12.3. The van der Waals surface area contributed by atoms with Gasteiger partial charge in [0.15, 0.2) is 5.69 Å². The molecule has 2 atom stereocenters. The van der Waals surface area contributed by atoms with Crippen molar-refractivity contribution in [1.82, 2.24) is 14.9 Å². The van der Waals surface area contributed by atoms with Gasteiger partial charge in [-0.3, -0.25) is 9.69 Å². The minimum absolute atomic E-state index is 0.0779. The number of halogens is 1. The Labute approximate surface area is 225 Å². The summed E-state index contributed by atoms with van der Waals surface area (Å²) in [5.41, 5.74) is 3.12. The number of ether oxygens (including phenoxy) is 1. The Balaban J connectivity index is 1.56. The van der Waals surface area contributed by atoms with Crippen LogP contribution in [0.15, 0.2) is 48.5 Å². The summed E-state index contributed by atoms with van der Waals surface area (Å²) in [5, 5.41) is 12.7. The molecule has 3 heterocycles. The van der Waals surface area contributed by atoms with Crippen LogP contribution in [-0.2, 0) is 11.2 Å². The Morgan fingerprint density at radius 3 is 2.55 bits per heavy atom. The van der Waals surface area contributed by atoms with E-state index in [1.807, 2.05) is 32.0 Å². The fourth-order valence-corrected chi connectivity index (χ4v) is 4.40. The lowest BCUT2D eigenvalue weighted by atomic mass is 10.0. The normalized spacial score (nSPS) is 15.7. The van der Waals surface area contributed by atoms with Gasteiger partial charge in [-0.05, 0) is 67.8 Å². The van der Waals surface area contributed by atoms with Crippen molar-refractivity contribution >= 4 is 41.1 Å². The Kier molecular flexibility index (Phi) is 7.82. The molecule has 198 valence electrons. The number of hydrogen-bond donors (Lipinski definition) is 2. The molecule has 11 heteroatoms. The molecule has 0 spiro atoms. The molecule has 1 saturated heterocycles. The highest BCUT2D eigenvalue weighted by molar-refractivity contribution is 6.29. The first-order chi connectivity index (χ1) is 18.0. The first kappa shape index (κ1) is 26.9. The van der Waals surface area contributed by atoms with Crippen molar-refractivity contribution in [3.63, 3.8) is 0 Å². The van der Waals surface area contributed by atoms with Gasteiger partial charge < -0.3 is 20.1 Å². The standard InChI is InChI=1S/C27H28ClN5O5/c1-15-11-21(16(2)29-20-9-10-22(28)31-24(20)26(35)36)30-23(12-15)33-19(14-38-27(33)37)13-17-5-7-18(8-6-17)25(34)32(3)4/h5-12,16,19,29H,13-14H2,1-4H3,(H,35,36)/t16-,19+/m1/s1. The van der Waals surface area contributed by atoms with Crippen LogP contribution in [0.4, 0.5) is 16.3 Å². The van der Waals surface area contributed by atoms with E-state index < -0.39 is 18.1 Å². The molecule has 4 rings (SSSR count). The molecule has 0 saturated carbocycles. The SMILES string of the molecule is Cc1cc([C@@H](C)Nc2ccc(Cl)nc2C(=O)O)nc(N2C(=O)OC[C@@H]2Cc2ccc(C(=O)N(C)C)cc2)c1. The van der Waals surface area contributed by atoms with Crippen LogP contribution in [0.5, 0.6) is 0 Å². The summed E-state index contributed by atoms with van der Waals surface area (Å²) in [4.78, 5) is 48.2. The number of aromatic nitrogens is 2. The van der Waals surface area contributed by atoms with E-state index in [0.717, 1.165) is 11.1 Å². The van der Waals surface area contributed by atoms with Crippen molar-refractivity contribution in [3.05, 3.63) is 81.8 Å². The monoisotopic (exact) mass is 537 g/mol. The van der Waals surface area contributed by atoms with Crippen molar-refractivity contribution in [2.45, 2.75) is 32.4 Å². The molecular formula is C27H28ClN5O5. The molecule has 1 fully saturated rings. The zero-order chi connectivity index (χ0) is 27.6. The molecule has 10 nitrogen and oxygen atoms in total. The molecule has 0 bridgehead atoms. The summed E-state index contributed by atoms with van der Waals surface area (Å²) >= 11 is 5.87. The second-order valence-corrected chi connectivity index (χ2v) is 9.72. The Hall–Kier alpha value is -4.18. The van der Waals surface area contributed by atoms with Crippen LogP contribution in [0.2, 0.25) is 5.15 Å². The highest BCUT2D eigenvalue weighted by Crippen LogP contribution is 2.28. The average Bonchev–Trinajstić information content (AvgIpc) is 3.24. The number of nitrogens with one attached hydrogen (secondary N) is 1. The number of carboxylic acids is 1. The third-order valence-corrected chi connectivity index (χ3v) is 6.35. The first-order valence-electron chi connectivity index (χ1n) is 11.9. The largest absolute Gasteiger partial charge is 0.476 e. The maximum Gasteiger partial charge on any atom is 0.415 e. The number of aryl methyl sites for hydroxylation is 1. The molecule has 2 amide bonds. The van der Waals surface area contributed by atoms with Gasteiger partial charge in [-0.15, -0.1) is 0 Å². The molecule has 38 heavy (non-hydrogen) atoms. The van der Waals surface area contributed by atoms with Crippen LogP contribution >= 0.6 is 11.6 Å². The average molecular weight is 538 g/mol. The van der Waals surface area contributed by atoms with E-state index >= 15 is 0 Å². The lowest BCUT2D eigenvalue weighted by molar-refractivity contribution is 0.0691. The number of hydrogen-bond acceptors (Lipinski definition) is 7. The van der Waals surface area contributed by atoms with Gasteiger partial charge in [0.1, 0.15) is 17.6 Å². The summed E-state index contributed by atoms with van der Waals surface area (Å²) in [6, 6.07) is 13.3. The fourth-order valence-electron chi connectivity index (χ4n) is 4.25. The number of nitrogens with zero attached hydrogens (tertiary/aromatic N) is 4. The van der Waals surface area contributed by atoms with Crippen LogP contribution in [0.25, 0.3) is 0 Å². The number of pyridine rings is 2. The van der Waals surface area contributed by atoms with E-state index in [-0.39, 0.29) is 29.4 Å². The number of benzene rings is 1. The number of carbonyl (C=O) groups excluding carboxylic acids is 2. The third-order valence-electron chi connectivity index (χ3n) is 6.14. The van der Waals surface area contributed by atoms with Gasteiger partial charge in [0.25, 0.3) is 5.91 Å². The number of aromatic carboxylic acids is 1. The lowest BCUT2D eigenvalue weighted by Crippen LogP contribution is -2.36.